The number of nitrogens with one attached hydrogen (secondary N) is 2. The predicted octanol–water partition coefficient (Wildman–Crippen LogP) is 0.746. The fourth-order valence-electron chi connectivity index (χ4n) is 0.817. The molecule has 0 aliphatic heterocycles. The van der Waals surface area contributed by atoms with Gasteiger partial charge in [-0.25, -0.2) is 0 Å². The van der Waals surface area contributed by atoms with Crippen LogP contribution < -0.4 is 10.6 Å². The average Bonchev–Trinajstić information content (AvgIpc) is 2.11. The number of hydrogen-bond acceptors (Lipinski definition) is 2. The van der Waals surface area contributed by atoms with E-state index in [0.717, 1.165) is 6.08 Å². The number of alkyl halides is 3. The highest BCUT2D eigenvalue weighted by molar-refractivity contribution is 5.94. The minimum absolute atomic E-state index is 0.632. The number of amides is 2. The Balaban J connectivity index is 4.35. The van der Waals surface area contributed by atoms with Gasteiger partial charge in [0, 0.05) is 0 Å². The molecule has 0 aromatic heterocycles. The van der Waals surface area contributed by atoms with E-state index in [1.54, 1.807) is 5.32 Å². The first-order valence-electron chi connectivity index (χ1n) is 4.38. The van der Waals surface area contributed by atoms with Crippen LogP contribution in [0.15, 0.2) is 12.7 Å². The zero-order valence-corrected chi connectivity index (χ0v) is 8.94. The molecule has 0 radical (unpaired) electrons. The maximum atomic E-state index is 11.8. The van der Waals surface area contributed by atoms with Crippen LogP contribution in [0.4, 0.5) is 13.2 Å². The highest BCUT2D eigenvalue weighted by atomic mass is 19.4. The van der Waals surface area contributed by atoms with Crippen molar-refractivity contribution < 1.29 is 22.8 Å². The molecule has 4 nitrogen and oxygen atoms in total. The van der Waals surface area contributed by atoms with Crippen molar-refractivity contribution in [1.29, 1.82) is 0 Å². The van der Waals surface area contributed by atoms with E-state index in [1.807, 2.05) is 0 Å². The normalized spacial score (nSPS) is 11.8. The Bertz CT molecular complexity index is 298. The van der Waals surface area contributed by atoms with Crippen LogP contribution in [0.25, 0.3) is 0 Å². The van der Waals surface area contributed by atoms with Gasteiger partial charge in [-0.05, 0) is 19.9 Å². The number of halogens is 3. The summed E-state index contributed by atoms with van der Waals surface area (Å²) in [5.41, 5.74) is -1.42. The maximum Gasteiger partial charge on any atom is 0.405 e. The third kappa shape index (κ3) is 5.38. The first kappa shape index (κ1) is 14.5. The molecule has 0 unspecified atom stereocenters. The van der Waals surface area contributed by atoms with Gasteiger partial charge < -0.3 is 10.6 Å². The van der Waals surface area contributed by atoms with E-state index in [-0.39, 0.29) is 0 Å². The minimum atomic E-state index is -4.48. The molecule has 7 heteroatoms. The van der Waals surface area contributed by atoms with Crippen LogP contribution in [0.2, 0.25) is 0 Å². The lowest BCUT2D eigenvalue weighted by Crippen LogP contribution is -2.55. The Morgan fingerprint density at radius 1 is 1.31 bits per heavy atom. The summed E-state index contributed by atoms with van der Waals surface area (Å²) in [6.07, 6.45) is -3.55. The van der Waals surface area contributed by atoms with Gasteiger partial charge in [-0.15, -0.1) is 0 Å². The molecule has 0 heterocycles. The molecule has 0 aromatic carbocycles. The van der Waals surface area contributed by atoms with Crippen molar-refractivity contribution >= 4 is 11.8 Å². The number of rotatable bonds is 4. The lowest BCUT2D eigenvalue weighted by Gasteiger charge is -2.24. The van der Waals surface area contributed by atoms with Gasteiger partial charge in [0.05, 0.1) is 0 Å². The summed E-state index contributed by atoms with van der Waals surface area (Å²) in [6, 6.07) is 0. The topological polar surface area (TPSA) is 58.2 Å². The quantitative estimate of drug-likeness (QED) is 0.710. The van der Waals surface area contributed by atoms with Crippen LogP contribution in [-0.2, 0) is 9.59 Å². The first-order chi connectivity index (χ1) is 7.08. The van der Waals surface area contributed by atoms with Crippen LogP contribution in [0.5, 0.6) is 0 Å². The Hall–Kier alpha value is -1.53. The SMILES string of the molecule is C=CC(=O)NC(C)(C)C(=O)NCC(F)(F)F. The molecule has 2 N–H and O–H groups in total. The van der Waals surface area contributed by atoms with Crippen LogP contribution in [0, 0.1) is 0 Å². The van der Waals surface area contributed by atoms with Gasteiger partial charge in [0.15, 0.2) is 0 Å². The van der Waals surface area contributed by atoms with E-state index in [2.05, 4.69) is 11.9 Å². The molecular formula is C9H13F3N2O2. The second kappa shape index (κ2) is 5.00. The summed E-state index contributed by atoms with van der Waals surface area (Å²) in [6.45, 7) is 4.32. The molecule has 0 atom stereocenters. The van der Waals surface area contributed by atoms with Crippen LogP contribution in [-0.4, -0.2) is 30.1 Å². The van der Waals surface area contributed by atoms with Gasteiger partial charge in [0.25, 0.3) is 0 Å². The van der Waals surface area contributed by atoms with Crippen molar-refractivity contribution in [2.24, 2.45) is 0 Å². The summed E-state index contributed by atoms with van der Waals surface area (Å²) >= 11 is 0. The van der Waals surface area contributed by atoms with E-state index in [4.69, 9.17) is 0 Å². The summed E-state index contributed by atoms with van der Waals surface area (Å²) < 4.78 is 35.4. The van der Waals surface area contributed by atoms with E-state index in [1.165, 1.54) is 13.8 Å². The molecule has 0 rings (SSSR count). The van der Waals surface area contributed by atoms with Gasteiger partial charge in [0.1, 0.15) is 12.1 Å². The average molecular weight is 238 g/mol. The van der Waals surface area contributed by atoms with Gasteiger partial charge >= 0.3 is 6.18 Å². The molecule has 0 spiro atoms. The van der Waals surface area contributed by atoms with Crippen LogP contribution in [0.1, 0.15) is 13.8 Å². The Morgan fingerprint density at radius 3 is 2.19 bits per heavy atom. The van der Waals surface area contributed by atoms with Crippen LogP contribution in [0.3, 0.4) is 0 Å². The molecule has 0 aromatic rings. The maximum absolute atomic E-state index is 11.8. The Morgan fingerprint density at radius 2 is 1.81 bits per heavy atom. The summed E-state index contributed by atoms with van der Waals surface area (Å²) in [4.78, 5) is 22.2. The number of hydrogen-bond donors (Lipinski definition) is 2. The van der Waals surface area contributed by atoms with E-state index >= 15 is 0 Å². The summed E-state index contributed by atoms with van der Waals surface area (Å²) in [5, 5.41) is 3.88. The van der Waals surface area contributed by atoms with Gasteiger partial charge in [-0.2, -0.15) is 13.2 Å². The lowest BCUT2D eigenvalue weighted by atomic mass is 10.0. The van der Waals surface area contributed by atoms with Crippen molar-refractivity contribution in [3.8, 4) is 0 Å². The zero-order chi connectivity index (χ0) is 13.0. The third-order valence-electron chi connectivity index (χ3n) is 1.64. The molecule has 0 saturated carbocycles. The highest BCUT2D eigenvalue weighted by Gasteiger charge is 2.33. The number of carbonyl (C=O) groups excluding carboxylic acids is 2. The molecule has 0 bridgehead atoms. The molecule has 0 aliphatic carbocycles. The second-order valence-corrected chi connectivity index (χ2v) is 3.62. The van der Waals surface area contributed by atoms with Crippen LogP contribution >= 0.6 is 0 Å². The van der Waals surface area contributed by atoms with Crippen molar-refractivity contribution in [3.63, 3.8) is 0 Å². The zero-order valence-electron chi connectivity index (χ0n) is 8.94. The van der Waals surface area contributed by atoms with Crippen molar-refractivity contribution in [1.82, 2.24) is 10.6 Å². The second-order valence-electron chi connectivity index (χ2n) is 3.62. The fraction of sp³-hybridized carbons (Fsp3) is 0.556. The molecule has 16 heavy (non-hydrogen) atoms. The standard InChI is InChI=1S/C9H13F3N2O2/c1-4-6(15)14-8(2,3)7(16)13-5-9(10,11)12/h4H,1,5H2,2-3H3,(H,13,16)(H,14,15). The van der Waals surface area contributed by atoms with Crippen molar-refractivity contribution in [2.75, 3.05) is 6.54 Å². The van der Waals surface area contributed by atoms with E-state index in [0.29, 0.717) is 0 Å². The Labute approximate surface area is 90.9 Å². The molecule has 2 amide bonds. The van der Waals surface area contributed by atoms with E-state index in [9.17, 15) is 22.8 Å². The molecule has 0 fully saturated rings. The van der Waals surface area contributed by atoms with E-state index < -0.39 is 30.1 Å². The smallest absolute Gasteiger partial charge is 0.345 e. The van der Waals surface area contributed by atoms with Gasteiger partial charge in [-0.1, -0.05) is 6.58 Å². The fourth-order valence-corrected chi connectivity index (χ4v) is 0.817. The minimum Gasteiger partial charge on any atom is -0.345 e. The summed E-state index contributed by atoms with van der Waals surface area (Å²) in [7, 11) is 0. The van der Waals surface area contributed by atoms with Crippen molar-refractivity contribution in [3.05, 3.63) is 12.7 Å². The molecular weight excluding hydrogens is 225 g/mol. The van der Waals surface area contributed by atoms with Gasteiger partial charge in [0.2, 0.25) is 11.8 Å². The molecule has 92 valence electrons. The summed E-state index contributed by atoms with van der Waals surface area (Å²) in [5.74, 6) is -1.55. The predicted molar refractivity (Wildman–Crippen MR) is 51.5 cm³/mol. The number of carbonyl (C=O) groups is 2. The lowest BCUT2D eigenvalue weighted by molar-refractivity contribution is -0.142. The molecule has 0 saturated heterocycles. The highest BCUT2D eigenvalue weighted by Crippen LogP contribution is 2.13. The van der Waals surface area contributed by atoms with Crippen molar-refractivity contribution in [2.45, 2.75) is 25.6 Å². The molecule has 0 aliphatic rings. The third-order valence-corrected chi connectivity index (χ3v) is 1.64. The largest absolute Gasteiger partial charge is 0.405 e. The first-order valence-corrected chi connectivity index (χ1v) is 4.38. The van der Waals surface area contributed by atoms with Gasteiger partial charge in [-0.3, -0.25) is 9.59 Å². The Kier molecular flexibility index (Phi) is 4.52. The monoisotopic (exact) mass is 238 g/mol.